The van der Waals surface area contributed by atoms with E-state index in [4.69, 9.17) is 15.6 Å². The third-order valence-corrected chi connectivity index (χ3v) is 5.96. The Labute approximate surface area is 190 Å². The highest BCUT2D eigenvalue weighted by molar-refractivity contribution is 6.11. The number of benzene rings is 2. The highest BCUT2D eigenvalue weighted by Crippen LogP contribution is 2.27. The largest absolute Gasteiger partial charge is 0.438 e. The van der Waals surface area contributed by atoms with Gasteiger partial charge in [-0.3, -0.25) is 15.4 Å². The molecule has 5 N–H and O–H groups in total. The molecule has 0 aliphatic rings. The number of rotatable bonds is 5. The Bertz CT molecular complexity index is 1520. The molecule has 5 aromatic rings. The Hall–Kier alpha value is -4.39. The van der Waals surface area contributed by atoms with Gasteiger partial charge in [0.05, 0.1) is 22.1 Å². The van der Waals surface area contributed by atoms with Crippen LogP contribution in [0.25, 0.3) is 22.0 Å². The lowest BCUT2D eigenvalue weighted by atomic mass is 9.76. The smallest absolute Gasteiger partial charge is 0.398 e. The van der Waals surface area contributed by atoms with Crippen LogP contribution in [0.15, 0.2) is 83.7 Å². The molecule has 7 heteroatoms. The Kier molecular flexibility index (Phi) is 4.94. The molecule has 0 radical (unpaired) electrons. The van der Waals surface area contributed by atoms with E-state index in [0.717, 1.165) is 33.1 Å². The fourth-order valence-corrected chi connectivity index (χ4v) is 3.99. The molecule has 33 heavy (non-hydrogen) atoms. The summed E-state index contributed by atoms with van der Waals surface area (Å²) in [5, 5.41) is 7.63. The minimum Gasteiger partial charge on any atom is -0.398 e. The van der Waals surface area contributed by atoms with Crippen LogP contribution in [0.2, 0.25) is 0 Å². The van der Waals surface area contributed by atoms with Gasteiger partial charge in [-0.15, -0.1) is 0 Å². The number of hydrogen-bond donors (Lipinski definition) is 3. The summed E-state index contributed by atoms with van der Waals surface area (Å²) in [7, 11) is 0. The molecular weight excluding hydrogens is 412 g/mol. The summed E-state index contributed by atoms with van der Waals surface area (Å²) in [5.41, 5.74) is 11.7. The molecule has 7 nitrogen and oxygen atoms in total. The summed E-state index contributed by atoms with van der Waals surface area (Å²) in [6.45, 7) is 4.16. The molecule has 5 rings (SSSR count). The number of nitrogens with zero attached hydrogens (tertiary/aromatic N) is 3. The number of nitrogen functional groups attached to an aromatic ring is 1. The molecule has 0 amide bonds. The Morgan fingerprint density at radius 3 is 2.48 bits per heavy atom. The first kappa shape index (κ1) is 20.5. The number of amidine groups is 1. The van der Waals surface area contributed by atoms with Gasteiger partial charge >= 0.3 is 6.01 Å². The molecule has 3 heterocycles. The monoisotopic (exact) mass is 436 g/mol. The third-order valence-electron chi connectivity index (χ3n) is 5.96. The van der Waals surface area contributed by atoms with Crippen molar-refractivity contribution in [2.24, 2.45) is 5.73 Å². The second kappa shape index (κ2) is 7.94. The molecule has 0 atom stereocenters. The normalized spacial score (nSPS) is 12.4. The highest BCUT2D eigenvalue weighted by atomic mass is 16.4. The van der Waals surface area contributed by atoms with E-state index in [1.54, 1.807) is 18.6 Å². The molecule has 2 aromatic carbocycles. The molecule has 0 bridgehead atoms. The number of oxazole rings is 1. The number of hydrogen-bond acceptors (Lipinski definition) is 4. The molecular formula is C26H24N6O+2. The molecule has 0 aliphatic carbocycles. The predicted molar refractivity (Wildman–Crippen MR) is 128 cm³/mol. The van der Waals surface area contributed by atoms with Crippen molar-refractivity contribution in [1.29, 1.82) is 0 Å². The molecule has 0 saturated heterocycles. The van der Waals surface area contributed by atoms with E-state index in [2.05, 4.69) is 33.8 Å². The maximum atomic E-state index is 6.71. The maximum Gasteiger partial charge on any atom is 0.438 e. The minimum atomic E-state index is -0.428. The van der Waals surface area contributed by atoms with Crippen LogP contribution in [0.3, 0.4) is 0 Å². The number of fused-ring (bicyclic) bond motifs is 3. The Morgan fingerprint density at radius 2 is 1.70 bits per heavy atom. The van der Waals surface area contributed by atoms with Crippen molar-refractivity contribution in [2.45, 2.75) is 19.3 Å². The van der Waals surface area contributed by atoms with Crippen LogP contribution in [0, 0.1) is 0 Å². The van der Waals surface area contributed by atoms with Crippen LogP contribution in [0.1, 0.15) is 30.5 Å². The summed E-state index contributed by atoms with van der Waals surface area (Å²) in [6.07, 6.45) is 5.29. The van der Waals surface area contributed by atoms with Crippen LogP contribution in [0.5, 0.6) is 0 Å². The SMILES string of the molecule is CC(C)(C(=[NH2+])c1ccccc1/C(N)=[NH+]/c1nc2c(ccc3ncccc32)o1)c1ccncc1. The zero-order chi connectivity index (χ0) is 23.0. The van der Waals surface area contributed by atoms with Gasteiger partial charge in [-0.1, -0.05) is 17.1 Å². The van der Waals surface area contributed by atoms with Gasteiger partial charge in [0.25, 0.3) is 0 Å². The average Bonchev–Trinajstić information content (AvgIpc) is 3.27. The van der Waals surface area contributed by atoms with Gasteiger partial charge in [0.15, 0.2) is 16.8 Å². The van der Waals surface area contributed by atoms with Gasteiger partial charge < -0.3 is 10.2 Å². The van der Waals surface area contributed by atoms with Gasteiger partial charge in [-0.05, 0) is 67.9 Å². The first-order valence-corrected chi connectivity index (χ1v) is 10.6. The number of nitrogens with one attached hydrogen (secondary N) is 1. The quantitative estimate of drug-likeness (QED) is 0.284. The first-order chi connectivity index (χ1) is 15.9. The molecule has 0 fully saturated rings. The lowest BCUT2D eigenvalue weighted by Gasteiger charge is -2.23. The van der Waals surface area contributed by atoms with E-state index in [-0.39, 0.29) is 0 Å². The summed E-state index contributed by atoms with van der Waals surface area (Å²) in [4.78, 5) is 16.2. The topological polar surface area (TPSA) is 117 Å². The van der Waals surface area contributed by atoms with E-state index in [0.29, 0.717) is 23.1 Å². The van der Waals surface area contributed by atoms with Crippen LogP contribution in [0.4, 0.5) is 6.01 Å². The predicted octanol–water partition coefficient (Wildman–Crippen LogP) is 1.41. The lowest BCUT2D eigenvalue weighted by Crippen LogP contribution is -2.70. The van der Waals surface area contributed by atoms with Crippen molar-refractivity contribution < 1.29 is 14.8 Å². The summed E-state index contributed by atoms with van der Waals surface area (Å²) >= 11 is 0. The number of nitrogens with two attached hydrogens (primary N) is 2. The van der Waals surface area contributed by atoms with Gasteiger partial charge in [0, 0.05) is 24.0 Å². The molecule has 0 aliphatic heterocycles. The summed E-state index contributed by atoms with van der Waals surface area (Å²) in [5.74, 6) is 0.396. The average molecular weight is 437 g/mol. The number of pyridine rings is 2. The van der Waals surface area contributed by atoms with Crippen molar-refractivity contribution in [3.8, 4) is 0 Å². The van der Waals surface area contributed by atoms with Crippen molar-refractivity contribution in [1.82, 2.24) is 15.0 Å². The second-order valence-corrected chi connectivity index (χ2v) is 8.36. The van der Waals surface area contributed by atoms with E-state index >= 15 is 0 Å². The van der Waals surface area contributed by atoms with Crippen LogP contribution in [-0.4, -0.2) is 26.5 Å². The lowest BCUT2D eigenvalue weighted by molar-refractivity contribution is -0.378. The van der Waals surface area contributed by atoms with Crippen molar-refractivity contribution in [3.05, 3.63) is 95.9 Å². The van der Waals surface area contributed by atoms with E-state index < -0.39 is 5.41 Å². The highest BCUT2D eigenvalue weighted by Gasteiger charge is 2.34. The zero-order valence-corrected chi connectivity index (χ0v) is 18.4. The molecule has 0 spiro atoms. The Balaban J connectivity index is 1.56. The molecule has 162 valence electrons. The van der Waals surface area contributed by atoms with E-state index in [1.165, 1.54) is 0 Å². The minimum absolute atomic E-state index is 0.306. The van der Waals surface area contributed by atoms with Gasteiger partial charge in [-0.25, -0.2) is 4.99 Å². The molecule has 0 unspecified atom stereocenters. The molecule has 0 saturated carbocycles. The fourth-order valence-electron chi connectivity index (χ4n) is 3.99. The third kappa shape index (κ3) is 3.63. The van der Waals surface area contributed by atoms with Crippen LogP contribution >= 0.6 is 0 Å². The van der Waals surface area contributed by atoms with E-state index in [1.807, 2.05) is 60.7 Å². The van der Waals surface area contributed by atoms with Gasteiger partial charge in [0.2, 0.25) is 5.84 Å². The molecule has 3 aromatic heterocycles. The summed E-state index contributed by atoms with van der Waals surface area (Å²) < 4.78 is 5.91. The fraction of sp³-hybridized carbons (Fsp3) is 0.115. The van der Waals surface area contributed by atoms with Crippen LogP contribution < -0.4 is 16.1 Å². The van der Waals surface area contributed by atoms with Crippen molar-refractivity contribution >= 4 is 39.6 Å². The second-order valence-electron chi connectivity index (χ2n) is 8.36. The Morgan fingerprint density at radius 1 is 0.939 bits per heavy atom. The number of aromatic nitrogens is 3. The van der Waals surface area contributed by atoms with Crippen molar-refractivity contribution in [2.75, 3.05) is 0 Å². The standard InChI is InChI=1S/C26H22N6O/c1-26(2,16-11-14-29-15-12-16)23(27)17-6-3-4-7-18(17)24(28)32-25-31-22-19-8-5-13-30-20(19)9-10-21(22)33-25/h3-15,27H,1-2H3,(H2,28,31,32)/p+2. The maximum absolute atomic E-state index is 6.71. The van der Waals surface area contributed by atoms with Gasteiger partial charge in [-0.2, -0.15) is 0 Å². The zero-order valence-electron chi connectivity index (χ0n) is 18.4. The van der Waals surface area contributed by atoms with Crippen LogP contribution in [-0.2, 0) is 5.41 Å². The van der Waals surface area contributed by atoms with Crippen molar-refractivity contribution in [3.63, 3.8) is 0 Å². The first-order valence-electron chi connectivity index (χ1n) is 10.6. The van der Waals surface area contributed by atoms with E-state index in [9.17, 15) is 0 Å². The summed E-state index contributed by atoms with van der Waals surface area (Å²) in [6, 6.07) is 19.6. The van der Waals surface area contributed by atoms with Gasteiger partial charge in [0.1, 0.15) is 0 Å².